The first-order chi connectivity index (χ1) is 10.6. The number of aromatic nitrogens is 1. The first kappa shape index (κ1) is 16.7. The van der Waals surface area contributed by atoms with Crippen molar-refractivity contribution in [2.24, 2.45) is 0 Å². The van der Waals surface area contributed by atoms with Gasteiger partial charge in [-0.3, -0.25) is 4.98 Å². The van der Waals surface area contributed by atoms with Gasteiger partial charge in [-0.15, -0.1) is 0 Å². The third kappa shape index (κ3) is 3.37. The van der Waals surface area contributed by atoms with Gasteiger partial charge in [0.2, 0.25) is 0 Å². The summed E-state index contributed by atoms with van der Waals surface area (Å²) >= 11 is 0. The molecule has 0 aliphatic heterocycles. The third-order valence-electron chi connectivity index (χ3n) is 4.32. The minimum atomic E-state index is -0.471. The zero-order valence-corrected chi connectivity index (χ0v) is 13.7. The summed E-state index contributed by atoms with van der Waals surface area (Å²) in [5.41, 5.74) is 1.60. The van der Waals surface area contributed by atoms with E-state index in [4.69, 9.17) is 0 Å². The third-order valence-corrected chi connectivity index (χ3v) is 4.32. The van der Waals surface area contributed by atoms with Gasteiger partial charge < -0.3 is 10.0 Å². The molecule has 22 heavy (non-hydrogen) atoms. The van der Waals surface area contributed by atoms with Crippen LogP contribution in [0.4, 0.5) is 0 Å². The van der Waals surface area contributed by atoms with Crippen molar-refractivity contribution in [2.45, 2.75) is 31.3 Å². The second-order valence-corrected chi connectivity index (χ2v) is 6.03. The van der Waals surface area contributed by atoms with Gasteiger partial charge in [0.1, 0.15) is 0 Å². The van der Waals surface area contributed by atoms with E-state index in [1.807, 2.05) is 49.5 Å². The molecular weight excluding hydrogens is 272 g/mol. The zero-order chi connectivity index (χ0) is 16.0. The maximum absolute atomic E-state index is 10.9. The molecule has 2 rings (SSSR count). The Bertz CT molecular complexity index is 515. The lowest BCUT2D eigenvalue weighted by molar-refractivity contribution is 0.0853. The summed E-state index contributed by atoms with van der Waals surface area (Å²) in [7, 11) is 4.12. The molecule has 0 saturated heterocycles. The molecule has 3 heteroatoms. The van der Waals surface area contributed by atoms with E-state index in [-0.39, 0.29) is 0 Å². The first-order valence-corrected chi connectivity index (χ1v) is 7.91. The lowest BCUT2D eigenvalue weighted by Crippen LogP contribution is -2.43. The van der Waals surface area contributed by atoms with Gasteiger partial charge in [0.15, 0.2) is 0 Å². The highest BCUT2D eigenvalue weighted by atomic mass is 16.3. The van der Waals surface area contributed by atoms with E-state index in [1.165, 1.54) is 0 Å². The minimum absolute atomic E-state index is 0.468. The summed E-state index contributed by atoms with van der Waals surface area (Å²) in [6.07, 6.45) is 2.87. The largest absolute Gasteiger partial charge is 0.392 e. The normalized spacial score (nSPS) is 15.5. The minimum Gasteiger partial charge on any atom is -0.392 e. The van der Waals surface area contributed by atoms with Gasteiger partial charge in [-0.25, -0.2) is 0 Å². The van der Waals surface area contributed by atoms with Crippen LogP contribution in [-0.2, 0) is 5.41 Å². The number of aliphatic hydroxyl groups is 1. The Morgan fingerprint density at radius 3 is 2.32 bits per heavy atom. The monoisotopic (exact) mass is 298 g/mol. The van der Waals surface area contributed by atoms with Crippen LogP contribution in [0.15, 0.2) is 54.7 Å². The standard InChI is InChI=1S/C19H26N2O/c1-4-18(22)19(13-15-21(2)3,16-10-6-5-7-11-16)17-12-8-9-14-20-17/h5-12,14,18,22H,4,13,15H2,1-3H3/t18-,19+/m0/s1. The van der Waals surface area contributed by atoms with Crippen molar-refractivity contribution in [1.82, 2.24) is 9.88 Å². The van der Waals surface area contributed by atoms with Crippen molar-refractivity contribution in [3.63, 3.8) is 0 Å². The Kier molecular flexibility index (Phi) is 5.69. The van der Waals surface area contributed by atoms with Crippen molar-refractivity contribution < 1.29 is 5.11 Å². The van der Waals surface area contributed by atoms with Crippen LogP contribution in [0.25, 0.3) is 0 Å². The van der Waals surface area contributed by atoms with Gasteiger partial charge >= 0.3 is 0 Å². The molecule has 2 aromatic rings. The van der Waals surface area contributed by atoms with E-state index in [0.29, 0.717) is 6.42 Å². The highest BCUT2D eigenvalue weighted by Crippen LogP contribution is 2.39. The fraction of sp³-hybridized carbons (Fsp3) is 0.421. The summed E-state index contributed by atoms with van der Waals surface area (Å²) in [6, 6.07) is 16.2. The Balaban J connectivity index is 2.58. The van der Waals surface area contributed by atoms with E-state index in [1.54, 1.807) is 0 Å². The van der Waals surface area contributed by atoms with E-state index in [0.717, 1.165) is 24.2 Å². The molecule has 0 amide bonds. The fourth-order valence-corrected chi connectivity index (χ4v) is 3.06. The summed E-state index contributed by atoms with van der Waals surface area (Å²) in [5, 5.41) is 10.9. The number of rotatable bonds is 7. The zero-order valence-electron chi connectivity index (χ0n) is 13.7. The van der Waals surface area contributed by atoms with Crippen LogP contribution in [0.5, 0.6) is 0 Å². The molecule has 1 heterocycles. The second-order valence-electron chi connectivity index (χ2n) is 6.03. The summed E-state index contributed by atoms with van der Waals surface area (Å²) in [6.45, 7) is 2.92. The maximum Gasteiger partial charge on any atom is 0.0690 e. The molecule has 0 aliphatic rings. The quantitative estimate of drug-likeness (QED) is 0.853. The van der Waals surface area contributed by atoms with E-state index < -0.39 is 11.5 Å². The Labute approximate surface area is 133 Å². The predicted octanol–water partition coefficient (Wildman–Crippen LogP) is 3.09. The average Bonchev–Trinajstić information content (AvgIpc) is 2.57. The molecule has 3 nitrogen and oxygen atoms in total. The van der Waals surface area contributed by atoms with Gasteiger partial charge in [-0.1, -0.05) is 43.3 Å². The summed E-state index contributed by atoms with van der Waals surface area (Å²) in [5.74, 6) is 0. The van der Waals surface area contributed by atoms with Crippen LogP contribution in [0.3, 0.4) is 0 Å². The number of nitrogens with zero attached hydrogens (tertiary/aromatic N) is 2. The molecule has 118 valence electrons. The van der Waals surface area contributed by atoms with Crippen LogP contribution >= 0.6 is 0 Å². The van der Waals surface area contributed by atoms with Gasteiger partial charge in [-0.2, -0.15) is 0 Å². The first-order valence-electron chi connectivity index (χ1n) is 7.91. The van der Waals surface area contributed by atoms with Crippen LogP contribution in [-0.4, -0.2) is 41.7 Å². The van der Waals surface area contributed by atoms with Gasteiger partial charge in [-0.05, 0) is 51.2 Å². The van der Waals surface area contributed by atoms with Crippen molar-refractivity contribution in [3.8, 4) is 0 Å². The number of hydrogen-bond acceptors (Lipinski definition) is 3. The second kappa shape index (κ2) is 7.52. The van der Waals surface area contributed by atoms with Crippen LogP contribution in [0, 0.1) is 0 Å². The SMILES string of the molecule is CC[C@H](O)[C@](CCN(C)C)(c1ccccc1)c1ccccn1. The number of pyridine rings is 1. The molecule has 0 radical (unpaired) electrons. The van der Waals surface area contributed by atoms with Gasteiger partial charge in [0, 0.05) is 6.20 Å². The van der Waals surface area contributed by atoms with Crippen molar-refractivity contribution in [2.75, 3.05) is 20.6 Å². The summed E-state index contributed by atoms with van der Waals surface area (Å²) < 4.78 is 0. The molecule has 1 N–H and O–H groups in total. The molecule has 0 unspecified atom stereocenters. The van der Waals surface area contributed by atoms with Crippen LogP contribution in [0.1, 0.15) is 31.0 Å². The molecular formula is C19H26N2O. The highest BCUT2D eigenvalue weighted by molar-refractivity contribution is 5.37. The molecule has 0 aliphatic carbocycles. The van der Waals surface area contributed by atoms with Crippen LogP contribution < -0.4 is 0 Å². The Morgan fingerprint density at radius 2 is 1.77 bits per heavy atom. The predicted molar refractivity (Wildman–Crippen MR) is 90.9 cm³/mol. The molecule has 0 fully saturated rings. The Hall–Kier alpha value is -1.71. The molecule has 0 spiro atoms. The number of hydrogen-bond donors (Lipinski definition) is 1. The van der Waals surface area contributed by atoms with Crippen molar-refractivity contribution >= 4 is 0 Å². The van der Waals surface area contributed by atoms with E-state index in [2.05, 4.69) is 36.1 Å². The van der Waals surface area contributed by atoms with Crippen LogP contribution in [0.2, 0.25) is 0 Å². The molecule has 0 saturated carbocycles. The van der Waals surface area contributed by atoms with Crippen molar-refractivity contribution in [3.05, 3.63) is 66.0 Å². The lowest BCUT2D eigenvalue weighted by Gasteiger charge is -2.39. The molecule has 2 atom stereocenters. The average molecular weight is 298 g/mol. The fourth-order valence-electron chi connectivity index (χ4n) is 3.06. The topological polar surface area (TPSA) is 36.4 Å². The number of benzene rings is 1. The van der Waals surface area contributed by atoms with Gasteiger partial charge in [0.05, 0.1) is 17.2 Å². The maximum atomic E-state index is 10.9. The van der Waals surface area contributed by atoms with E-state index in [9.17, 15) is 5.11 Å². The smallest absolute Gasteiger partial charge is 0.0690 e. The van der Waals surface area contributed by atoms with E-state index >= 15 is 0 Å². The number of aliphatic hydroxyl groups excluding tert-OH is 1. The Morgan fingerprint density at radius 1 is 1.09 bits per heavy atom. The molecule has 1 aromatic heterocycles. The molecule has 0 bridgehead atoms. The highest BCUT2D eigenvalue weighted by Gasteiger charge is 2.41. The van der Waals surface area contributed by atoms with Gasteiger partial charge in [0.25, 0.3) is 0 Å². The molecule has 1 aromatic carbocycles. The van der Waals surface area contributed by atoms with Crippen molar-refractivity contribution in [1.29, 1.82) is 0 Å². The summed E-state index contributed by atoms with van der Waals surface area (Å²) in [4.78, 5) is 6.75. The lowest BCUT2D eigenvalue weighted by atomic mass is 9.69.